The number of likely N-dealkylation sites (tertiary alicyclic amines) is 1. The first-order chi connectivity index (χ1) is 18.8. The molecule has 3 heterocycles. The first-order valence-corrected chi connectivity index (χ1v) is 13.4. The minimum Gasteiger partial charge on any atom is -0.414 e. The Morgan fingerprint density at radius 2 is 1.90 bits per heavy atom. The lowest BCUT2D eigenvalue weighted by atomic mass is 9.91. The summed E-state index contributed by atoms with van der Waals surface area (Å²) in [7, 11) is 0. The van der Waals surface area contributed by atoms with Crippen LogP contribution in [0.3, 0.4) is 0 Å². The molecule has 2 aromatic heterocycles. The summed E-state index contributed by atoms with van der Waals surface area (Å²) in [5.74, 6) is -0.420. The van der Waals surface area contributed by atoms with Crippen molar-refractivity contribution < 1.29 is 19.1 Å². The summed E-state index contributed by atoms with van der Waals surface area (Å²) in [6.45, 7) is 5.45. The van der Waals surface area contributed by atoms with E-state index in [4.69, 9.17) is 16.3 Å². The van der Waals surface area contributed by atoms with Crippen LogP contribution in [0, 0.1) is 19.8 Å². The Balaban J connectivity index is 1.40. The van der Waals surface area contributed by atoms with Crippen LogP contribution in [-0.4, -0.2) is 57.1 Å². The number of hydrogen-bond acceptors (Lipinski definition) is 6. The minimum atomic E-state index is -0.422. The lowest BCUT2D eigenvalue weighted by Gasteiger charge is -2.18. The fourth-order valence-corrected chi connectivity index (χ4v) is 5.41. The van der Waals surface area contributed by atoms with Gasteiger partial charge in [-0.25, -0.2) is 9.48 Å². The van der Waals surface area contributed by atoms with E-state index in [2.05, 4.69) is 15.4 Å². The molecule has 2 amide bonds. The molecule has 0 saturated carbocycles. The van der Waals surface area contributed by atoms with Gasteiger partial charge in [-0.3, -0.25) is 14.6 Å². The molecule has 3 aromatic rings. The SMILES string of the molecule is Cc1cc(-n2cc(Cl)cn2)cc(C)c1C1=C(OC(=O)N2CCCC2)CC(CCNC(=O)c2ccccn2)C1=O. The second-order valence-electron chi connectivity index (χ2n) is 9.94. The van der Waals surface area contributed by atoms with Crippen molar-refractivity contribution in [2.45, 2.75) is 39.5 Å². The third-order valence-corrected chi connectivity index (χ3v) is 7.36. The number of hydrogen-bond donors (Lipinski definition) is 1. The quantitative estimate of drug-likeness (QED) is 0.451. The van der Waals surface area contributed by atoms with Crippen LogP contribution in [0.4, 0.5) is 4.79 Å². The summed E-state index contributed by atoms with van der Waals surface area (Å²) in [6, 6.07) is 9.00. The largest absolute Gasteiger partial charge is 0.414 e. The summed E-state index contributed by atoms with van der Waals surface area (Å²) in [5.41, 5.74) is 4.04. The van der Waals surface area contributed by atoms with Gasteiger partial charge in [0.25, 0.3) is 5.91 Å². The lowest BCUT2D eigenvalue weighted by Crippen LogP contribution is -2.28. The molecule has 0 bridgehead atoms. The zero-order chi connectivity index (χ0) is 27.5. The fraction of sp³-hybridized carbons (Fsp3) is 0.345. The zero-order valence-electron chi connectivity index (χ0n) is 21.9. The molecule has 10 heteroatoms. The van der Waals surface area contributed by atoms with Crippen LogP contribution in [0.25, 0.3) is 11.3 Å². The summed E-state index contributed by atoms with van der Waals surface area (Å²) in [6.07, 6.45) is 7.00. The van der Waals surface area contributed by atoms with Crippen molar-refractivity contribution in [3.05, 3.63) is 82.1 Å². The normalized spacial score (nSPS) is 17.2. The van der Waals surface area contributed by atoms with Gasteiger partial charge in [-0.2, -0.15) is 5.10 Å². The Kier molecular flexibility index (Phi) is 7.79. The molecule has 2 aliphatic rings. The van der Waals surface area contributed by atoms with E-state index >= 15 is 0 Å². The van der Waals surface area contributed by atoms with Crippen LogP contribution in [0.15, 0.2) is 54.7 Å². The van der Waals surface area contributed by atoms with Gasteiger partial charge in [0.05, 0.1) is 22.5 Å². The van der Waals surface area contributed by atoms with E-state index < -0.39 is 12.0 Å². The summed E-state index contributed by atoms with van der Waals surface area (Å²) >= 11 is 6.06. The van der Waals surface area contributed by atoms with Gasteiger partial charge < -0.3 is 15.0 Å². The van der Waals surface area contributed by atoms with Crippen molar-refractivity contribution in [2.75, 3.05) is 19.6 Å². The van der Waals surface area contributed by atoms with E-state index in [1.807, 2.05) is 26.0 Å². The average molecular weight is 548 g/mol. The van der Waals surface area contributed by atoms with Crippen molar-refractivity contribution in [3.63, 3.8) is 0 Å². The molecule has 9 nitrogen and oxygen atoms in total. The standard InChI is InChI=1S/C29H30ClN5O4/c1-18-13-22(35-17-21(30)16-33-35)14-19(2)25(18)26-24(39-29(38)34-11-5-6-12-34)15-20(27(26)36)8-10-32-28(37)23-7-3-4-9-31-23/h3-4,7,9,13-14,16-17,20H,5-6,8,10-12,15H2,1-2H3,(H,32,37). The van der Waals surface area contributed by atoms with Gasteiger partial charge in [0.15, 0.2) is 5.78 Å². The molecule has 1 aliphatic carbocycles. The summed E-state index contributed by atoms with van der Waals surface area (Å²) < 4.78 is 7.58. The number of aromatic nitrogens is 3. The number of nitrogens with one attached hydrogen (secondary N) is 1. The number of benzene rings is 1. The number of aryl methyl sites for hydroxylation is 2. The maximum Gasteiger partial charge on any atom is 0.414 e. The van der Waals surface area contributed by atoms with Crippen molar-refractivity contribution >= 4 is 35.0 Å². The van der Waals surface area contributed by atoms with E-state index in [0.29, 0.717) is 54.5 Å². The lowest BCUT2D eigenvalue weighted by molar-refractivity contribution is -0.116. The van der Waals surface area contributed by atoms with Gasteiger partial charge in [-0.05, 0) is 74.1 Å². The first-order valence-electron chi connectivity index (χ1n) is 13.1. The highest BCUT2D eigenvalue weighted by Gasteiger charge is 2.38. The van der Waals surface area contributed by atoms with Crippen molar-refractivity contribution in [2.24, 2.45) is 5.92 Å². The van der Waals surface area contributed by atoms with Gasteiger partial charge >= 0.3 is 6.09 Å². The van der Waals surface area contributed by atoms with Crippen LogP contribution >= 0.6 is 11.6 Å². The zero-order valence-corrected chi connectivity index (χ0v) is 22.7. The number of ether oxygens (including phenoxy) is 1. The van der Waals surface area contributed by atoms with Crippen molar-refractivity contribution in [1.29, 1.82) is 0 Å². The van der Waals surface area contributed by atoms with Crippen LogP contribution in [0.2, 0.25) is 5.02 Å². The van der Waals surface area contributed by atoms with E-state index in [1.54, 1.807) is 46.4 Å². The maximum absolute atomic E-state index is 13.8. The van der Waals surface area contributed by atoms with Gasteiger partial charge in [-0.15, -0.1) is 0 Å². The average Bonchev–Trinajstić information content (AvgIpc) is 3.67. The molecule has 39 heavy (non-hydrogen) atoms. The predicted octanol–water partition coefficient (Wildman–Crippen LogP) is 4.89. The molecule has 1 saturated heterocycles. The van der Waals surface area contributed by atoms with E-state index in [1.165, 1.54) is 0 Å². The van der Waals surface area contributed by atoms with Crippen molar-refractivity contribution in [1.82, 2.24) is 25.0 Å². The number of allylic oxidation sites excluding steroid dienone is 2. The van der Waals surface area contributed by atoms with Gasteiger partial charge in [0.1, 0.15) is 11.5 Å². The number of amides is 2. The van der Waals surface area contributed by atoms with E-state index in [9.17, 15) is 14.4 Å². The molecule has 1 fully saturated rings. The molecule has 1 N–H and O–H groups in total. The number of halogens is 1. The molecule has 1 unspecified atom stereocenters. The summed E-state index contributed by atoms with van der Waals surface area (Å²) in [5, 5.41) is 7.65. The van der Waals surface area contributed by atoms with E-state index in [-0.39, 0.29) is 11.7 Å². The van der Waals surface area contributed by atoms with Crippen molar-refractivity contribution in [3.8, 4) is 5.69 Å². The fourth-order valence-electron chi connectivity index (χ4n) is 5.28. The molecule has 1 atom stereocenters. The Morgan fingerprint density at radius 3 is 2.54 bits per heavy atom. The molecule has 0 spiro atoms. The number of nitrogens with zero attached hydrogens (tertiary/aromatic N) is 4. The highest BCUT2D eigenvalue weighted by molar-refractivity contribution is 6.30. The Hall–Kier alpha value is -3.98. The third kappa shape index (κ3) is 5.73. The number of carbonyl (C=O) groups is 3. The second-order valence-corrected chi connectivity index (χ2v) is 10.4. The van der Waals surface area contributed by atoms with Gasteiger partial charge in [0, 0.05) is 44.4 Å². The first kappa shape index (κ1) is 26.6. The number of Topliss-reactive ketones (excluding diaryl/α,β-unsaturated/α-hetero) is 1. The van der Waals surface area contributed by atoms with Crippen LogP contribution in [0.1, 0.15) is 52.9 Å². The van der Waals surface area contributed by atoms with Crippen LogP contribution in [-0.2, 0) is 9.53 Å². The third-order valence-electron chi connectivity index (χ3n) is 7.16. The topological polar surface area (TPSA) is 106 Å². The Labute approximate surface area is 231 Å². The second kappa shape index (κ2) is 11.4. The molecule has 1 aromatic carbocycles. The van der Waals surface area contributed by atoms with Crippen LogP contribution < -0.4 is 5.32 Å². The minimum absolute atomic E-state index is 0.0904. The number of rotatable bonds is 7. The number of ketones is 1. The number of pyridine rings is 1. The Bertz CT molecular complexity index is 1420. The highest BCUT2D eigenvalue weighted by atomic mass is 35.5. The molecular formula is C29H30ClN5O4. The maximum atomic E-state index is 13.8. The number of carbonyl (C=O) groups excluding carboxylic acids is 3. The summed E-state index contributed by atoms with van der Waals surface area (Å²) in [4.78, 5) is 44.9. The van der Waals surface area contributed by atoms with Gasteiger partial charge in [-0.1, -0.05) is 17.7 Å². The molecule has 202 valence electrons. The Morgan fingerprint density at radius 1 is 1.15 bits per heavy atom. The van der Waals surface area contributed by atoms with E-state index in [0.717, 1.165) is 35.2 Å². The molecule has 0 radical (unpaired) electrons. The van der Waals surface area contributed by atoms with Gasteiger partial charge in [0.2, 0.25) is 0 Å². The monoisotopic (exact) mass is 547 g/mol. The predicted molar refractivity (Wildman–Crippen MR) is 147 cm³/mol. The van der Waals surface area contributed by atoms with Crippen LogP contribution in [0.5, 0.6) is 0 Å². The highest BCUT2D eigenvalue weighted by Crippen LogP contribution is 2.40. The smallest absolute Gasteiger partial charge is 0.414 e. The molecule has 5 rings (SSSR count). The molecule has 1 aliphatic heterocycles. The molecular weight excluding hydrogens is 518 g/mol.